The highest BCUT2D eigenvalue weighted by atomic mass is 32.1. The van der Waals surface area contributed by atoms with Gasteiger partial charge in [-0.3, -0.25) is 19.2 Å². The molecule has 0 saturated heterocycles. The van der Waals surface area contributed by atoms with E-state index in [4.69, 9.17) is 9.47 Å². The van der Waals surface area contributed by atoms with Crippen LogP contribution in [0.25, 0.3) is 0 Å². The summed E-state index contributed by atoms with van der Waals surface area (Å²) in [4.78, 5) is 49.5. The number of thiophene rings is 2. The molecule has 0 aliphatic heterocycles. The summed E-state index contributed by atoms with van der Waals surface area (Å²) in [5, 5.41) is 1.69. The van der Waals surface area contributed by atoms with E-state index in [1.807, 2.05) is 0 Å². The van der Waals surface area contributed by atoms with Crippen LogP contribution in [0.4, 0.5) is 0 Å². The first-order chi connectivity index (χ1) is 12.2. The Hall–Kier alpha value is -2.32. The number of carbonyl (C=O) groups is 4. The third-order valence-corrected chi connectivity index (χ3v) is 6.27. The standard InChI is InChI=1S/C18H16O6S2/c1-7(23-9(3)19)12-6-25-18-14(12)15(21)11-5-13(8(2)24-10(4)20)26-17(11)16(18)22/h5-8H,1-4H3/t7-,8-/m1/s1. The second-order valence-corrected chi connectivity index (χ2v) is 7.91. The van der Waals surface area contributed by atoms with Crippen molar-refractivity contribution in [1.82, 2.24) is 0 Å². The van der Waals surface area contributed by atoms with E-state index in [0.29, 0.717) is 31.3 Å². The Morgan fingerprint density at radius 2 is 1.58 bits per heavy atom. The van der Waals surface area contributed by atoms with Crippen molar-refractivity contribution in [3.05, 3.63) is 42.8 Å². The quantitative estimate of drug-likeness (QED) is 0.627. The van der Waals surface area contributed by atoms with E-state index < -0.39 is 24.1 Å². The Labute approximate surface area is 157 Å². The fourth-order valence-corrected chi connectivity index (χ4v) is 5.12. The second kappa shape index (κ2) is 6.77. The zero-order valence-corrected chi connectivity index (χ0v) is 16.2. The molecule has 26 heavy (non-hydrogen) atoms. The molecule has 0 spiro atoms. The third kappa shape index (κ3) is 3.10. The molecule has 0 unspecified atom stereocenters. The minimum Gasteiger partial charge on any atom is -0.458 e. The summed E-state index contributed by atoms with van der Waals surface area (Å²) in [6.45, 7) is 5.96. The molecular weight excluding hydrogens is 376 g/mol. The summed E-state index contributed by atoms with van der Waals surface area (Å²) in [5.41, 5.74) is 1.13. The van der Waals surface area contributed by atoms with Crippen molar-refractivity contribution in [3.8, 4) is 0 Å². The van der Waals surface area contributed by atoms with Gasteiger partial charge in [0.15, 0.2) is 5.78 Å². The fraction of sp³-hybridized carbons (Fsp3) is 0.333. The first-order valence-corrected chi connectivity index (χ1v) is 9.59. The molecule has 0 aromatic carbocycles. The van der Waals surface area contributed by atoms with E-state index >= 15 is 0 Å². The smallest absolute Gasteiger partial charge is 0.303 e. The summed E-state index contributed by atoms with van der Waals surface area (Å²) in [5.74, 6) is -1.39. The lowest BCUT2D eigenvalue weighted by Gasteiger charge is -2.15. The average Bonchev–Trinajstić information content (AvgIpc) is 3.16. The lowest BCUT2D eigenvalue weighted by molar-refractivity contribution is -0.146. The van der Waals surface area contributed by atoms with Crippen LogP contribution in [0.3, 0.4) is 0 Å². The Kier molecular flexibility index (Phi) is 4.81. The van der Waals surface area contributed by atoms with Crippen molar-refractivity contribution in [1.29, 1.82) is 0 Å². The third-order valence-electron chi connectivity index (χ3n) is 3.98. The van der Waals surface area contributed by atoms with Gasteiger partial charge >= 0.3 is 11.9 Å². The first-order valence-electron chi connectivity index (χ1n) is 7.89. The Bertz CT molecular complexity index is 932. The molecule has 2 heterocycles. The van der Waals surface area contributed by atoms with Gasteiger partial charge in [0, 0.05) is 29.9 Å². The first kappa shape index (κ1) is 18.5. The molecule has 0 fully saturated rings. The van der Waals surface area contributed by atoms with Crippen LogP contribution < -0.4 is 0 Å². The molecule has 1 aliphatic rings. The molecule has 0 amide bonds. The predicted molar refractivity (Wildman–Crippen MR) is 95.9 cm³/mol. The van der Waals surface area contributed by atoms with Crippen molar-refractivity contribution in [2.75, 3.05) is 0 Å². The van der Waals surface area contributed by atoms with Gasteiger partial charge in [-0.25, -0.2) is 0 Å². The van der Waals surface area contributed by atoms with Gasteiger partial charge in [0.1, 0.15) is 12.2 Å². The van der Waals surface area contributed by atoms with Gasteiger partial charge in [-0.1, -0.05) is 0 Å². The van der Waals surface area contributed by atoms with Crippen LogP contribution in [0.15, 0.2) is 11.4 Å². The van der Waals surface area contributed by atoms with E-state index in [9.17, 15) is 19.2 Å². The van der Waals surface area contributed by atoms with Crippen LogP contribution >= 0.6 is 22.7 Å². The van der Waals surface area contributed by atoms with Crippen LogP contribution in [0.1, 0.15) is 80.8 Å². The van der Waals surface area contributed by atoms with E-state index in [2.05, 4.69) is 0 Å². The van der Waals surface area contributed by atoms with E-state index in [1.54, 1.807) is 25.3 Å². The molecule has 1 aliphatic carbocycles. The van der Waals surface area contributed by atoms with Crippen molar-refractivity contribution in [2.45, 2.75) is 39.9 Å². The maximum Gasteiger partial charge on any atom is 0.303 e. The molecule has 2 aromatic rings. The average molecular weight is 392 g/mol. The van der Waals surface area contributed by atoms with Crippen LogP contribution in [-0.4, -0.2) is 23.5 Å². The molecular formula is C18H16O6S2. The summed E-state index contributed by atoms with van der Waals surface area (Å²) < 4.78 is 10.3. The number of hydrogen-bond donors (Lipinski definition) is 0. The lowest BCUT2D eigenvalue weighted by Crippen LogP contribution is -2.19. The lowest BCUT2D eigenvalue weighted by atomic mass is 9.91. The number of rotatable bonds is 4. The highest BCUT2D eigenvalue weighted by Gasteiger charge is 2.37. The molecule has 2 atom stereocenters. The summed E-state index contributed by atoms with van der Waals surface area (Å²) >= 11 is 2.33. The normalized spacial score (nSPS) is 15.1. The van der Waals surface area contributed by atoms with Gasteiger partial charge in [-0.2, -0.15) is 0 Å². The number of esters is 2. The number of fused-ring (bicyclic) bond motifs is 2. The van der Waals surface area contributed by atoms with Crippen LogP contribution in [0, 0.1) is 0 Å². The number of ketones is 2. The van der Waals surface area contributed by atoms with Gasteiger partial charge in [0.05, 0.1) is 15.3 Å². The number of carbonyl (C=O) groups excluding carboxylic acids is 4. The van der Waals surface area contributed by atoms with Gasteiger partial charge in [0.2, 0.25) is 5.78 Å². The molecule has 0 radical (unpaired) electrons. The highest BCUT2D eigenvalue weighted by molar-refractivity contribution is 7.18. The summed E-state index contributed by atoms with van der Waals surface area (Å²) in [7, 11) is 0. The molecule has 2 aromatic heterocycles. The highest BCUT2D eigenvalue weighted by Crippen LogP contribution is 2.41. The zero-order chi connectivity index (χ0) is 19.2. The van der Waals surface area contributed by atoms with E-state index in [0.717, 1.165) is 11.3 Å². The minimum atomic E-state index is -0.621. The van der Waals surface area contributed by atoms with Gasteiger partial charge < -0.3 is 9.47 Å². The monoisotopic (exact) mass is 392 g/mol. The molecule has 3 rings (SSSR count). The molecule has 136 valence electrons. The topological polar surface area (TPSA) is 86.7 Å². The van der Waals surface area contributed by atoms with Gasteiger partial charge in [-0.05, 0) is 25.3 Å². The van der Waals surface area contributed by atoms with E-state index in [1.165, 1.54) is 25.2 Å². The maximum absolute atomic E-state index is 13.0. The van der Waals surface area contributed by atoms with Crippen LogP contribution in [0.5, 0.6) is 0 Å². The molecule has 6 nitrogen and oxygen atoms in total. The van der Waals surface area contributed by atoms with Crippen molar-refractivity contribution in [3.63, 3.8) is 0 Å². The van der Waals surface area contributed by atoms with Crippen LogP contribution in [0.2, 0.25) is 0 Å². The predicted octanol–water partition coefficient (Wildman–Crippen LogP) is 3.83. The Morgan fingerprint density at radius 3 is 2.19 bits per heavy atom. The Morgan fingerprint density at radius 1 is 0.962 bits per heavy atom. The van der Waals surface area contributed by atoms with Crippen LogP contribution in [-0.2, 0) is 19.1 Å². The molecule has 0 bridgehead atoms. The SMILES string of the molecule is CC(=O)O[C@H](C)c1cc2c(s1)C(=O)c1scc([C@@H](C)OC(C)=O)c1C2=O. The van der Waals surface area contributed by atoms with E-state index in [-0.39, 0.29) is 11.6 Å². The number of ether oxygens (including phenoxy) is 2. The molecule has 8 heteroatoms. The summed E-state index contributed by atoms with van der Waals surface area (Å²) in [6.07, 6.45) is -1.16. The minimum absolute atomic E-state index is 0.229. The molecule has 0 N–H and O–H groups in total. The van der Waals surface area contributed by atoms with Crippen molar-refractivity contribution < 1.29 is 28.7 Å². The largest absolute Gasteiger partial charge is 0.458 e. The maximum atomic E-state index is 13.0. The second-order valence-electron chi connectivity index (χ2n) is 5.95. The van der Waals surface area contributed by atoms with Gasteiger partial charge in [-0.15, -0.1) is 22.7 Å². The van der Waals surface area contributed by atoms with Gasteiger partial charge in [0.25, 0.3) is 0 Å². The molecule has 0 saturated carbocycles. The summed E-state index contributed by atoms with van der Waals surface area (Å²) in [6, 6.07) is 1.61. The Balaban J connectivity index is 2.02. The number of hydrogen-bond acceptors (Lipinski definition) is 8. The zero-order valence-electron chi connectivity index (χ0n) is 14.6. The fourth-order valence-electron chi connectivity index (χ4n) is 2.88. The van der Waals surface area contributed by atoms with Crippen molar-refractivity contribution in [2.24, 2.45) is 0 Å². The van der Waals surface area contributed by atoms with Crippen molar-refractivity contribution >= 4 is 46.2 Å².